The Kier molecular flexibility index (Phi) is 10.2. The van der Waals surface area contributed by atoms with Crippen molar-refractivity contribution >= 4 is 18.3 Å². The molecule has 1 aliphatic heterocycles. The molecule has 1 rings (SSSR count). The lowest BCUT2D eigenvalue weighted by Gasteiger charge is -2.27. The topological polar surface area (TPSA) is 64.4 Å². The molecule has 0 aliphatic carbocycles. The third kappa shape index (κ3) is 7.46. The SMILES string of the molecule is CC(C)CCCC(C)NC(=O)C(N)C1CCOCC1.Cl. The second-order valence-electron chi connectivity index (χ2n) is 6.21. The van der Waals surface area contributed by atoms with E-state index < -0.39 is 0 Å². The molecule has 0 spiro atoms. The molecule has 1 aliphatic rings. The highest BCUT2D eigenvalue weighted by atomic mass is 35.5. The van der Waals surface area contributed by atoms with Crippen LogP contribution < -0.4 is 11.1 Å². The minimum absolute atomic E-state index is 0. The lowest BCUT2D eigenvalue weighted by Crippen LogP contribution is -2.49. The van der Waals surface area contributed by atoms with Gasteiger partial charge in [-0.25, -0.2) is 0 Å². The van der Waals surface area contributed by atoms with Crippen molar-refractivity contribution in [1.29, 1.82) is 0 Å². The maximum atomic E-state index is 12.1. The van der Waals surface area contributed by atoms with E-state index in [0.29, 0.717) is 0 Å². The van der Waals surface area contributed by atoms with E-state index in [2.05, 4.69) is 26.1 Å². The fraction of sp³-hybridized carbons (Fsp3) is 0.933. The Labute approximate surface area is 129 Å². The van der Waals surface area contributed by atoms with Gasteiger partial charge in [0.2, 0.25) is 5.91 Å². The largest absolute Gasteiger partial charge is 0.381 e. The number of amides is 1. The number of nitrogens with one attached hydrogen (secondary N) is 1. The van der Waals surface area contributed by atoms with Crippen molar-refractivity contribution in [1.82, 2.24) is 5.32 Å². The molecule has 1 saturated heterocycles. The van der Waals surface area contributed by atoms with Crippen LogP contribution in [0.25, 0.3) is 0 Å². The zero-order valence-electron chi connectivity index (χ0n) is 13.1. The molecule has 3 N–H and O–H groups in total. The van der Waals surface area contributed by atoms with Crippen LogP contribution in [0.4, 0.5) is 0 Å². The molecule has 4 nitrogen and oxygen atoms in total. The van der Waals surface area contributed by atoms with Gasteiger partial charge in [0.15, 0.2) is 0 Å². The predicted octanol–water partition coefficient (Wildman–Crippen LogP) is 2.49. The first-order chi connectivity index (χ1) is 9.00. The average molecular weight is 307 g/mol. The predicted molar refractivity (Wildman–Crippen MR) is 85.1 cm³/mol. The summed E-state index contributed by atoms with van der Waals surface area (Å²) in [5.41, 5.74) is 6.05. The van der Waals surface area contributed by atoms with Gasteiger partial charge in [0.1, 0.15) is 0 Å². The van der Waals surface area contributed by atoms with E-state index in [1.807, 2.05) is 0 Å². The Morgan fingerprint density at radius 2 is 1.85 bits per heavy atom. The number of hydrogen-bond donors (Lipinski definition) is 2. The van der Waals surface area contributed by atoms with E-state index in [1.165, 1.54) is 6.42 Å². The fourth-order valence-corrected chi connectivity index (χ4v) is 2.53. The van der Waals surface area contributed by atoms with Crippen molar-refractivity contribution in [3.8, 4) is 0 Å². The van der Waals surface area contributed by atoms with Crippen molar-refractivity contribution in [3.05, 3.63) is 0 Å². The monoisotopic (exact) mass is 306 g/mol. The first-order valence-electron chi connectivity index (χ1n) is 7.64. The van der Waals surface area contributed by atoms with Crippen molar-refractivity contribution in [3.63, 3.8) is 0 Å². The van der Waals surface area contributed by atoms with Gasteiger partial charge in [-0.3, -0.25) is 4.79 Å². The number of nitrogens with two attached hydrogens (primary N) is 1. The van der Waals surface area contributed by atoms with Crippen LogP contribution in [0.15, 0.2) is 0 Å². The minimum atomic E-state index is -0.378. The molecule has 0 radical (unpaired) electrons. The van der Waals surface area contributed by atoms with Crippen LogP contribution in [0.1, 0.15) is 52.9 Å². The summed E-state index contributed by atoms with van der Waals surface area (Å²) in [6.07, 6.45) is 5.20. The summed E-state index contributed by atoms with van der Waals surface area (Å²) in [7, 11) is 0. The number of hydrogen-bond acceptors (Lipinski definition) is 3. The van der Waals surface area contributed by atoms with Crippen molar-refractivity contribution < 1.29 is 9.53 Å². The highest BCUT2D eigenvalue weighted by molar-refractivity contribution is 5.85. The first-order valence-corrected chi connectivity index (χ1v) is 7.64. The standard InChI is InChI=1S/C15H30N2O2.ClH/c1-11(2)5-4-6-12(3)17-15(18)14(16)13-7-9-19-10-8-13;/h11-14H,4-10,16H2,1-3H3,(H,17,18);1H. The zero-order chi connectivity index (χ0) is 14.3. The number of ether oxygens (including phenoxy) is 1. The van der Waals surface area contributed by atoms with Crippen LogP contribution in [0, 0.1) is 11.8 Å². The van der Waals surface area contributed by atoms with E-state index >= 15 is 0 Å². The van der Waals surface area contributed by atoms with Gasteiger partial charge >= 0.3 is 0 Å². The average Bonchev–Trinajstić information content (AvgIpc) is 2.38. The van der Waals surface area contributed by atoms with Gasteiger partial charge < -0.3 is 15.8 Å². The molecule has 1 heterocycles. The van der Waals surface area contributed by atoms with Gasteiger partial charge in [0.25, 0.3) is 0 Å². The summed E-state index contributed by atoms with van der Waals surface area (Å²) in [4.78, 5) is 12.1. The highest BCUT2D eigenvalue weighted by Crippen LogP contribution is 2.18. The van der Waals surface area contributed by atoms with E-state index in [0.717, 1.165) is 44.8 Å². The first kappa shape index (κ1) is 19.7. The van der Waals surface area contributed by atoms with E-state index in [-0.39, 0.29) is 36.3 Å². The van der Waals surface area contributed by atoms with Gasteiger partial charge in [0.05, 0.1) is 6.04 Å². The summed E-state index contributed by atoms with van der Waals surface area (Å²) >= 11 is 0. The second-order valence-corrected chi connectivity index (χ2v) is 6.21. The third-order valence-electron chi connectivity index (χ3n) is 3.88. The Morgan fingerprint density at radius 3 is 2.40 bits per heavy atom. The Bertz CT molecular complexity index is 269. The van der Waals surface area contributed by atoms with Crippen LogP contribution >= 0.6 is 12.4 Å². The van der Waals surface area contributed by atoms with Crippen molar-refractivity contribution in [2.24, 2.45) is 17.6 Å². The fourth-order valence-electron chi connectivity index (χ4n) is 2.53. The van der Waals surface area contributed by atoms with Crippen LogP contribution in [0.2, 0.25) is 0 Å². The molecule has 0 aromatic carbocycles. The quantitative estimate of drug-likeness (QED) is 0.759. The molecule has 0 bridgehead atoms. The molecule has 1 fully saturated rings. The van der Waals surface area contributed by atoms with Gasteiger partial charge in [0, 0.05) is 19.3 Å². The summed E-state index contributed by atoms with van der Waals surface area (Å²) in [6, 6.07) is -0.159. The van der Waals surface area contributed by atoms with Crippen LogP contribution in [-0.4, -0.2) is 31.2 Å². The van der Waals surface area contributed by atoms with E-state index in [9.17, 15) is 4.79 Å². The molecule has 1 amide bonds. The minimum Gasteiger partial charge on any atom is -0.381 e. The Morgan fingerprint density at radius 1 is 1.25 bits per heavy atom. The molecule has 120 valence electrons. The number of carbonyl (C=O) groups excluding carboxylic acids is 1. The highest BCUT2D eigenvalue weighted by Gasteiger charge is 2.27. The third-order valence-corrected chi connectivity index (χ3v) is 3.88. The van der Waals surface area contributed by atoms with Gasteiger partial charge in [-0.15, -0.1) is 12.4 Å². The summed E-state index contributed by atoms with van der Waals surface area (Å²) in [5, 5.41) is 3.05. The molecule has 0 saturated carbocycles. The maximum absolute atomic E-state index is 12.1. The van der Waals surface area contributed by atoms with E-state index in [4.69, 9.17) is 10.5 Å². The van der Waals surface area contributed by atoms with E-state index in [1.54, 1.807) is 0 Å². The van der Waals surface area contributed by atoms with Crippen LogP contribution in [-0.2, 0) is 9.53 Å². The van der Waals surface area contributed by atoms with Crippen molar-refractivity contribution in [2.75, 3.05) is 13.2 Å². The zero-order valence-corrected chi connectivity index (χ0v) is 13.9. The molecule has 20 heavy (non-hydrogen) atoms. The Balaban J connectivity index is 0.00000361. The molecule has 0 aromatic rings. The summed E-state index contributed by atoms with van der Waals surface area (Å²) in [6.45, 7) is 7.98. The second kappa shape index (κ2) is 10.4. The Hall–Kier alpha value is -0.320. The molecule has 0 aromatic heterocycles. The molecule has 2 atom stereocenters. The van der Waals surface area contributed by atoms with Crippen molar-refractivity contribution in [2.45, 2.75) is 65.0 Å². The van der Waals surface area contributed by atoms with Gasteiger partial charge in [-0.2, -0.15) is 0 Å². The van der Waals surface area contributed by atoms with Crippen LogP contribution in [0.5, 0.6) is 0 Å². The molecule has 2 unspecified atom stereocenters. The summed E-state index contributed by atoms with van der Waals surface area (Å²) < 4.78 is 5.30. The lowest BCUT2D eigenvalue weighted by atomic mass is 9.91. The summed E-state index contributed by atoms with van der Waals surface area (Å²) in [5.74, 6) is 1.01. The molecular weight excluding hydrogens is 276 g/mol. The van der Waals surface area contributed by atoms with Gasteiger partial charge in [-0.1, -0.05) is 26.7 Å². The van der Waals surface area contributed by atoms with Gasteiger partial charge in [-0.05, 0) is 38.0 Å². The molecule has 5 heteroatoms. The number of carbonyl (C=O) groups is 1. The normalized spacial score (nSPS) is 19.2. The lowest BCUT2D eigenvalue weighted by molar-refractivity contribution is -0.125. The molecular formula is C15H31ClN2O2. The number of rotatable bonds is 7. The maximum Gasteiger partial charge on any atom is 0.237 e. The van der Waals surface area contributed by atoms with Crippen LogP contribution in [0.3, 0.4) is 0 Å². The smallest absolute Gasteiger partial charge is 0.237 e. The number of halogens is 1.